The number of benzene rings is 4. The van der Waals surface area contributed by atoms with Crippen LogP contribution in [0, 0.1) is 11.8 Å². The zero-order valence-electron chi connectivity index (χ0n) is 14.8. The van der Waals surface area contributed by atoms with Gasteiger partial charge in [-0.3, -0.25) is 0 Å². The second-order valence-electron chi connectivity index (χ2n) is 6.06. The van der Waals surface area contributed by atoms with Gasteiger partial charge in [0.15, 0.2) is 0 Å². The summed E-state index contributed by atoms with van der Waals surface area (Å²) in [5, 5.41) is 2.24. The summed E-state index contributed by atoms with van der Waals surface area (Å²) >= 11 is 0. The first-order valence-corrected chi connectivity index (χ1v) is 8.78. The van der Waals surface area contributed by atoms with Gasteiger partial charge in [0.25, 0.3) is 0 Å². The topological polar surface area (TPSA) is 18.5 Å². The average Bonchev–Trinajstić information content (AvgIpc) is 2.74. The summed E-state index contributed by atoms with van der Waals surface area (Å²) in [6.45, 7) is 0.177. The molecular formula is C25H18O2. The number of fused-ring (bicyclic) bond motifs is 1. The fourth-order valence-corrected chi connectivity index (χ4v) is 2.74. The van der Waals surface area contributed by atoms with Crippen LogP contribution in [0.25, 0.3) is 10.8 Å². The van der Waals surface area contributed by atoms with E-state index in [9.17, 15) is 0 Å². The minimum Gasteiger partial charge on any atom is -0.458 e. The molecule has 4 rings (SSSR count). The molecular weight excluding hydrogens is 332 g/mol. The van der Waals surface area contributed by atoms with E-state index >= 15 is 0 Å². The van der Waals surface area contributed by atoms with Gasteiger partial charge < -0.3 is 9.47 Å². The Morgan fingerprint density at radius 2 is 1.15 bits per heavy atom. The summed E-state index contributed by atoms with van der Waals surface area (Å²) in [5.74, 6) is 7.98. The Bertz CT molecular complexity index is 1090. The van der Waals surface area contributed by atoms with E-state index in [0.29, 0.717) is 0 Å². The molecule has 4 aromatic carbocycles. The van der Waals surface area contributed by atoms with Gasteiger partial charge in [-0.25, -0.2) is 0 Å². The minimum absolute atomic E-state index is 0.177. The van der Waals surface area contributed by atoms with Crippen molar-refractivity contribution in [2.24, 2.45) is 0 Å². The third kappa shape index (κ3) is 4.48. The Labute approximate surface area is 159 Å². The molecule has 0 amide bonds. The van der Waals surface area contributed by atoms with E-state index in [1.807, 2.05) is 84.9 Å². The highest BCUT2D eigenvalue weighted by atomic mass is 16.7. The Morgan fingerprint density at radius 1 is 0.519 bits per heavy atom. The zero-order chi connectivity index (χ0) is 18.3. The van der Waals surface area contributed by atoms with E-state index in [4.69, 9.17) is 9.47 Å². The molecule has 2 nitrogen and oxygen atoms in total. The molecule has 130 valence electrons. The Hall–Kier alpha value is -3.70. The lowest BCUT2D eigenvalue weighted by Crippen LogP contribution is -2.05. The second-order valence-corrected chi connectivity index (χ2v) is 6.06. The number of hydrogen-bond donors (Lipinski definition) is 0. The fraction of sp³-hybridized carbons (Fsp3) is 0.0400. The van der Waals surface area contributed by atoms with Gasteiger partial charge in [0.2, 0.25) is 6.79 Å². The molecule has 0 aromatic heterocycles. The Balaban J connectivity index is 1.45. The van der Waals surface area contributed by atoms with E-state index < -0.39 is 0 Å². The molecule has 0 bridgehead atoms. The minimum atomic E-state index is 0.177. The monoisotopic (exact) mass is 350 g/mol. The van der Waals surface area contributed by atoms with Crippen LogP contribution in [0.3, 0.4) is 0 Å². The van der Waals surface area contributed by atoms with Crippen LogP contribution in [-0.2, 0) is 0 Å². The summed E-state index contributed by atoms with van der Waals surface area (Å²) in [7, 11) is 0. The van der Waals surface area contributed by atoms with Gasteiger partial charge in [0, 0.05) is 11.1 Å². The van der Waals surface area contributed by atoms with E-state index in [-0.39, 0.29) is 6.79 Å². The van der Waals surface area contributed by atoms with Crippen molar-refractivity contribution in [2.75, 3.05) is 6.79 Å². The maximum absolute atomic E-state index is 5.70. The van der Waals surface area contributed by atoms with Crippen molar-refractivity contribution in [3.63, 3.8) is 0 Å². The summed E-state index contributed by atoms with van der Waals surface area (Å²) in [5.41, 5.74) is 2.01. The predicted octanol–water partition coefficient (Wildman–Crippen LogP) is 5.65. The number of para-hydroxylation sites is 1. The highest BCUT2D eigenvalue weighted by Crippen LogP contribution is 2.22. The zero-order valence-corrected chi connectivity index (χ0v) is 14.8. The third-order valence-electron chi connectivity index (χ3n) is 4.13. The van der Waals surface area contributed by atoms with Crippen molar-refractivity contribution in [3.05, 3.63) is 108 Å². The summed E-state index contributed by atoms with van der Waals surface area (Å²) in [6, 6.07) is 31.8. The van der Waals surface area contributed by atoms with Crippen molar-refractivity contribution in [1.82, 2.24) is 0 Å². The van der Waals surface area contributed by atoms with Gasteiger partial charge in [-0.1, -0.05) is 60.4 Å². The maximum atomic E-state index is 5.70. The van der Waals surface area contributed by atoms with Crippen LogP contribution in [-0.4, -0.2) is 6.79 Å². The number of hydrogen-bond acceptors (Lipinski definition) is 2. The lowest BCUT2D eigenvalue weighted by molar-refractivity contribution is 0.120. The van der Waals surface area contributed by atoms with Crippen molar-refractivity contribution >= 4 is 10.8 Å². The quantitative estimate of drug-likeness (QED) is 0.349. The molecule has 0 atom stereocenters. The van der Waals surface area contributed by atoms with E-state index in [1.165, 1.54) is 0 Å². The Morgan fingerprint density at radius 3 is 1.96 bits per heavy atom. The first-order valence-electron chi connectivity index (χ1n) is 8.78. The summed E-state index contributed by atoms with van der Waals surface area (Å²) < 4.78 is 11.3. The number of ether oxygens (including phenoxy) is 2. The van der Waals surface area contributed by atoms with Gasteiger partial charge in [0.05, 0.1) is 0 Å². The molecule has 0 unspecified atom stereocenters. The Kier molecular flexibility index (Phi) is 5.04. The van der Waals surface area contributed by atoms with Crippen LogP contribution in [0.4, 0.5) is 0 Å². The van der Waals surface area contributed by atoms with E-state index in [0.717, 1.165) is 33.4 Å². The lowest BCUT2D eigenvalue weighted by Gasteiger charge is -2.09. The van der Waals surface area contributed by atoms with Crippen LogP contribution >= 0.6 is 0 Å². The fourth-order valence-electron chi connectivity index (χ4n) is 2.74. The summed E-state index contributed by atoms with van der Waals surface area (Å²) in [4.78, 5) is 0. The first-order chi connectivity index (χ1) is 13.4. The van der Waals surface area contributed by atoms with Crippen LogP contribution in [0.5, 0.6) is 11.5 Å². The van der Waals surface area contributed by atoms with E-state index in [1.54, 1.807) is 0 Å². The van der Waals surface area contributed by atoms with Crippen molar-refractivity contribution < 1.29 is 9.47 Å². The van der Waals surface area contributed by atoms with Gasteiger partial charge >= 0.3 is 0 Å². The molecule has 0 aliphatic rings. The van der Waals surface area contributed by atoms with Gasteiger partial charge in [-0.15, -0.1) is 0 Å². The van der Waals surface area contributed by atoms with E-state index in [2.05, 4.69) is 24.0 Å². The molecule has 0 heterocycles. The standard InChI is InChI=1S/C25H18O2/c1-3-7-20(8-4-1)11-12-21-13-14-23-18-25(16-15-22(23)17-21)27-19-26-24-9-5-2-6-10-24/h1-10,13-18H,19H2. The first kappa shape index (κ1) is 16.8. The predicted molar refractivity (Wildman–Crippen MR) is 109 cm³/mol. The van der Waals surface area contributed by atoms with Gasteiger partial charge in [-0.05, 0) is 59.3 Å². The molecule has 2 heteroatoms. The molecule has 27 heavy (non-hydrogen) atoms. The molecule has 0 N–H and O–H groups in total. The van der Waals surface area contributed by atoms with Crippen molar-refractivity contribution in [1.29, 1.82) is 0 Å². The van der Waals surface area contributed by atoms with Gasteiger partial charge in [0.1, 0.15) is 11.5 Å². The molecule has 0 radical (unpaired) electrons. The SMILES string of the molecule is C(#Cc1ccc2cc(OCOc3ccccc3)ccc2c1)c1ccccc1. The van der Waals surface area contributed by atoms with Crippen LogP contribution < -0.4 is 9.47 Å². The number of rotatable bonds is 4. The highest BCUT2D eigenvalue weighted by Gasteiger charge is 2.00. The normalized spacial score (nSPS) is 10.1. The molecule has 0 saturated carbocycles. The third-order valence-corrected chi connectivity index (χ3v) is 4.13. The lowest BCUT2D eigenvalue weighted by atomic mass is 10.1. The van der Waals surface area contributed by atoms with Crippen LogP contribution in [0.1, 0.15) is 11.1 Å². The molecule has 0 aliphatic carbocycles. The average molecular weight is 350 g/mol. The largest absolute Gasteiger partial charge is 0.458 e. The van der Waals surface area contributed by atoms with Crippen LogP contribution in [0.2, 0.25) is 0 Å². The summed E-state index contributed by atoms with van der Waals surface area (Å²) in [6.07, 6.45) is 0. The molecule has 4 aromatic rings. The highest BCUT2D eigenvalue weighted by molar-refractivity contribution is 5.85. The molecule has 0 spiro atoms. The van der Waals surface area contributed by atoms with Crippen LogP contribution in [0.15, 0.2) is 97.1 Å². The van der Waals surface area contributed by atoms with Gasteiger partial charge in [-0.2, -0.15) is 0 Å². The smallest absolute Gasteiger partial charge is 0.230 e. The molecule has 0 saturated heterocycles. The maximum Gasteiger partial charge on any atom is 0.230 e. The molecule has 0 fully saturated rings. The van der Waals surface area contributed by atoms with Crippen molar-refractivity contribution in [3.8, 4) is 23.3 Å². The second kappa shape index (κ2) is 8.12. The molecule has 0 aliphatic heterocycles. The van der Waals surface area contributed by atoms with Crippen molar-refractivity contribution in [2.45, 2.75) is 0 Å².